The van der Waals surface area contributed by atoms with Crippen LogP contribution in [0.3, 0.4) is 0 Å². The van der Waals surface area contributed by atoms with Crippen molar-refractivity contribution in [2.75, 3.05) is 11.9 Å². The molecular weight excluding hydrogens is 366 g/mol. The molecule has 29 heavy (non-hydrogen) atoms. The second-order valence-corrected chi connectivity index (χ2v) is 7.50. The topological polar surface area (TPSA) is 73.2 Å². The minimum Gasteiger partial charge on any atom is -0.455 e. The maximum absolute atomic E-state index is 12.4. The average molecular weight is 389 g/mol. The molecular formula is C23H23N3O3. The van der Waals surface area contributed by atoms with Crippen LogP contribution in [0.4, 0.5) is 5.82 Å². The maximum Gasteiger partial charge on any atom is 0.309 e. The zero-order valence-electron chi connectivity index (χ0n) is 16.5. The van der Waals surface area contributed by atoms with Crippen molar-refractivity contribution in [3.8, 4) is 16.9 Å². The molecule has 1 fully saturated rings. The molecule has 0 aliphatic heterocycles. The Morgan fingerprint density at radius 3 is 2.48 bits per heavy atom. The molecule has 1 amide bonds. The average Bonchev–Trinajstić information content (AvgIpc) is 3.32. The highest BCUT2D eigenvalue weighted by Gasteiger charge is 2.40. The van der Waals surface area contributed by atoms with E-state index in [2.05, 4.69) is 10.4 Å². The van der Waals surface area contributed by atoms with Crippen LogP contribution in [0.25, 0.3) is 16.9 Å². The van der Waals surface area contributed by atoms with E-state index in [1.807, 2.05) is 74.5 Å². The van der Waals surface area contributed by atoms with Crippen LogP contribution in [0.1, 0.15) is 18.9 Å². The molecule has 2 unspecified atom stereocenters. The largest absolute Gasteiger partial charge is 0.455 e. The van der Waals surface area contributed by atoms with Crippen LogP contribution >= 0.6 is 0 Å². The molecule has 1 aliphatic carbocycles. The Morgan fingerprint density at radius 1 is 1.14 bits per heavy atom. The van der Waals surface area contributed by atoms with Crippen LogP contribution in [-0.2, 0) is 14.3 Å². The van der Waals surface area contributed by atoms with Gasteiger partial charge >= 0.3 is 5.97 Å². The van der Waals surface area contributed by atoms with E-state index < -0.39 is 0 Å². The van der Waals surface area contributed by atoms with Gasteiger partial charge in [0, 0.05) is 11.6 Å². The first kappa shape index (κ1) is 18.9. The number of para-hydroxylation sites is 1. The fourth-order valence-corrected chi connectivity index (χ4v) is 3.17. The number of anilines is 1. The van der Waals surface area contributed by atoms with Crippen LogP contribution in [0.15, 0.2) is 60.7 Å². The van der Waals surface area contributed by atoms with Gasteiger partial charge < -0.3 is 10.1 Å². The predicted octanol–water partition coefficient (Wildman–Crippen LogP) is 3.99. The van der Waals surface area contributed by atoms with Gasteiger partial charge in [-0.2, -0.15) is 5.10 Å². The van der Waals surface area contributed by atoms with E-state index in [0.717, 1.165) is 28.9 Å². The lowest BCUT2D eigenvalue weighted by Gasteiger charge is -2.09. The van der Waals surface area contributed by atoms with E-state index in [1.54, 1.807) is 4.68 Å². The predicted molar refractivity (Wildman–Crippen MR) is 111 cm³/mol. The van der Waals surface area contributed by atoms with Gasteiger partial charge in [0.1, 0.15) is 5.82 Å². The summed E-state index contributed by atoms with van der Waals surface area (Å²) >= 11 is 0. The molecule has 2 aromatic carbocycles. The van der Waals surface area contributed by atoms with Crippen molar-refractivity contribution < 1.29 is 14.3 Å². The molecule has 6 heteroatoms. The van der Waals surface area contributed by atoms with E-state index in [1.165, 1.54) is 0 Å². The van der Waals surface area contributed by atoms with E-state index in [0.29, 0.717) is 11.7 Å². The van der Waals surface area contributed by atoms with Crippen molar-refractivity contribution in [1.82, 2.24) is 9.78 Å². The molecule has 3 aromatic rings. The summed E-state index contributed by atoms with van der Waals surface area (Å²) in [5, 5.41) is 7.49. The van der Waals surface area contributed by atoms with E-state index in [-0.39, 0.29) is 24.4 Å². The van der Waals surface area contributed by atoms with Gasteiger partial charge in [-0.1, -0.05) is 55.0 Å². The number of aryl methyl sites for hydroxylation is 1. The van der Waals surface area contributed by atoms with Gasteiger partial charge in [0.15, 0.2) is 6.61 Å². The highest BCUT2D eigenvalue weighted by Crippen LogP contribution is 2.38. The minimum atomic E-state index is -0.390. The molecule has 0 saturated heterocycles. The summed E-state index contributed by atoms with van der Waals surface area (Å²) < 4.78 is 6.82. The summed E-state index contributed by atoms with van der Waals surface area (Å²) in [6.07, 6.45) is 0.834. The Morgan fingerprint density at radius 2 is 1.83 bits per heavy atom. The summed E-state index contributed by atoms with van der Waals surface area (Å²) in [5.74, 6) is 0.115. The minimum absolute atomic E-state index is 0.0641. The summed E-state index contributed by atoms with van der Waals surface area (Å²) in [5.41, 5.74) is 3.68. The highest BCUT2D eigenvalue weighted by atomic mass is 16.5. The molecule has 6 nitrogen and oxygen atoms in total. The standard InChI is InChI=1S/C23H23N3O3/c1-15-8-10-17(11-9-15)20-13-21(26(25-20)18-6-4-3-5-7-18)24-22(27)14-29-23(28)19-12-16(19)2/h3-11,13,16,19H,12,14H2,1-2H3,(H,24,27). The lowest BCUT2D eigenvalue weighted by molar-refractivity contribution is -0.148. The Labute approximate surface area is 169 Å². The lowest BCUT2D eigenvalue weighted by Crippen LogP contribution is -2.23. The molecule has 4 rings (SSSR count). The Balaban J connectivity index is 1.55. The number of nitrogens with one attached hydrogen (secondary N) is 1. The van der Waals surface area contributed by atoms with Gasteiger partial charge in [0.25, 0.3) is 5.91 Å². The van der Waals surface area contributed by atoms with E-state index in [4.69, 9.17) is 4.74 Å². The van der Waals surface area contributed by atoms with Crippen molar-refractivity contribution in [2.45, 2.75) is 20.3 Å². The summed E-state index contributed by atoms with van der Waals surface area (Å²) in [7, 11) is 0. The normalized spacial score (nSPS) is 17.6. The Kier molecular flexibility index (Phi) is 5.16. The first-order chi connectivity index (χ1) is 14.0. The second-order valence-electron chi connectivity index (χ2n) is 7.50. The summed E-state index contributed by atoms with van der Waals surface area (Å²) in [6, 6.07) is 19.4. The number of hydrogen-bond acceptors (Lipinski definition) is 4. The quantitative estimate of drug-likeness (QED) is 0.647. The van der Waals surface area contributed by atoms with Gasteiger partial charge in [-0.15, -0.1) is 0 Å². The molecule has 148 valence electrons. The zero-order valence-corrected chi connectivity index (χ0v) is 16.5. The van der Waals surface area contributed by atoms with E-state index in [9.17, 15) is 9.59 Å². The first-order valence-electron chi connectivity index (χ1n) is 9.70. The summed E-state index contributed by atoms with van der Waals surface area (Å²) in [6.45, 7) is 3.72. The second kappa shape index (κ2) is 7.91. The zero-order chi connectivity index (χ0) is 20.4. The number of ether oxygens (including phenoxy) is 1. The number of benzene rings is 2. The number of nitrogens with zero attached hydrogens (tertiary/aromatic N) is 2. The molecule has 1 heterocycles. The van der Waals surface area contributed by atoms with Crippen molar-refractivity contribution in [1.29, 1.82) is 0 Å². The van der Waals surface area contributed by atoms with Gasteiger partial charge in [0.05, 0.1) is 17.3 Å². The molecule has 1 N–H and O–H groups in total. The fourth-order valence-electron chi connectivity index (χ4n) is 3.17. The summed E-state index contributed by atoms with van der Waals surface area (Å²) in [4.78, 5) is 24.2. The molecule has 0 radical (unpaired) electrons. The van der Waals surface area contributed by atoms with Gasteiger partial charge in [-0.25, -0.2) is 4.68 Å². The van der Waals surface area contributed by atoms with Crippen molar-refractivity contribution >= 4 is 17.7 Å². The molecule has 1 aliphatic rings. The molecule has 0 spiro atoms. The molecule has 1 aromatic heterocycles. The monoisotopic (exact) mass is 389 g/mol. The number of amides is 1. The van der Waals surface area contributed by atoms with Crippen molar-refractivity contribution in [2.24, 2.45) is 11.8 Å². The van der Waals surface area contributed by atoms with Crippen LogP contribution in [0, 0.1) is 18.8 Å². The van der Waals surface area contributed by atoms with Crippen molar-refractivity contribution in [3.63, 3.8) is 0 Å². The van der Waals surface area contributed by atoms with Crippen LogP contribution in [0.5, 0.6) is 0 Å². The molecule has 2 atom stereocenters. The molecule has 1 saturated carbocycles. The third kappa shape index (κ3) is 4.37. The Bertz CT molecular complexity index is 1030. The van der Waals surface area contributed by atoms with Crippen LogP contribution < -0.4 is 5.32 Å². The first-order valence-corrected chi connectivity index (χ1v) is 9.70. The molecule has 0 bridgehead atoms. The van der Waals surface area contributed by atoms with Gasteiger partial charge in [-0.05, 0) is 31.4 Å². The third-order valence-corrected chi connectivity index (χ3v) is 5.08. The SMILES string of the molecule is Cc1ccc(-c2cc(NC(=O)COC(=O)C3CC3C)n(-c3ccccc3)n2)cc1. The number of aromatic nitrogens is 2. The number of carbonyl (C=O) groups is 2. The third-order valence-electron chi connectivity index (χ3n) is 5.08. The van der Waals surface area contributed by atoms with Crippen LogP contribution in [0.2, 0.25) is 0 Å². The fraction of sp³-hybridized carbons (Fsp3) is 0.261. The van der Waals surface area contributed by atoms with Gasteiger partial charge in [0.2, 0.25) is 0 Å². The van der Waals surface area contributed by atoms with Gasteiger partial charge in [-0.3, -0.25) is 9.59 Å². The van der Waals surface area contributed by atoms with Crippen LogP contribution in [-0.4, -0.2) is 28.3 Å². The number of carbonyl (C=O) groups excluding carboxylic acids is 2. The smallest absolute Gasteiger partial charge is 0.309 e. The lowest BCUT2D eigenvalue weighted by atomic mass is 10.1. The Hall–Kier alpha value is -3.41. The number of rotatable bonds is 6. The maximum atomic E-state index is 12.4. The number of esters is 1. The van der Waals surface area contributed by atoms with E-state index >= 15 is 0 Å². The van der Waals surface area contributed by atoms with Crippen molar-refractivity contribution in [3.05, 3.63) is 66.2 Å². The highest BCUT2D eigenvalue weighted by molar-refractivity contribution is 5.93. The number of hydrogen-bond donors (Lipinski definition) is 1.